The third-order valence-corrected chi connectivity index (χ3v) is 3.38. The van der Waals surface area contributed by atoms with E-state index >= 15 is 0 Å². The van der Waals surface area contributed by atoms with E-state index in [2.05, 4.69) is 5.32 Å². The monoisotopic (exact) mass is 236 g/mol. The highest BCUT2D eigenvalue weighted by molar-refractivity contribution is 5.82. The molecule has 0 saturated carbocycles. The molecule has 2 fully saturated rings. The maximum atomic E-state index is 12.4. The normalized spacial score (nSPS) is 31.1. The van der Waals surface area contributed by atoms with E-state index in [9.17, 15) is 18.0 Å². The predicted octanol–water partition coefficient (Wildman–Crippen LogP) is 1.29. The number of hydrogen-bond acceptors (Lipinski definition) is 2. The molecular formula is C10H15F3N2O. The molecule has 6 heteroatoms. The van der Waals surface area contributed by atoms with Crippen LogP contribution < -0.4 is 5.32 Å². The Morgan fingerprint density at radius 3 is 2.69 bits per heavy atom. The van der Waals surface area contributed by atoms with Crippen molar-refractivity contribution in [2.75, 3.05) is 13.1 Å². The molecule has 0 aromatic heterocycles. The molecule has 2 heterocycles. The quantitative estimate of drug-likeness (QED) is 0.687. The van der Waals surface area contributed by atoms with E-state index in [1.807, 2.05) is 0 Å². The molecule has 2 rings (SSSR count). The third-order valence-electron chi connectivity index (χ3n) is 3.38. The highest BCUT2D eigenvalue weighted by Crippen LogP contribution is 2.28. The van der Waals surface area contributed by atoms with Crippen LogP contribution in [0.25, 0.3) is 0 Å². The summed E-state index contributed by atoms with van der Waals surface area (Å²) >= 11 is 0. The molecule has 2 atom stereocenters. The lowest BCUT2D eigenvalue weighted by atomic mass is 10.1. The number of hydrogen-bond donors (Lipinski definition) is 1. The number of halogens is 3. The van der Waals surface area contributed by atoms with Crippen LogP contribution in [0.15, 0.2) is 0 Å². The fraction of sp³-hybridized carbons (Fsp3) is 0.900. The van der Waals surface area contributed by atoms with Crippen LogP contribution in [0.4, 0.5) is 13.2 Å². The van der Waals surface area contributed by atoms with Crippen LogP contribution in [-0.4, -0.2) is 42.2 Å². The van der Waals surface area contributed by atoms with Crippen molar-refractivity contribution in [1.29, 1.82) is 0 Å². The molecule has 2 unspecified atom stereocenters. The summed E-state index contributed by atoms with van der Waals surface area (Å²) in [4.78, 5) is 12.3. The molecule has 2 aliphatic rings. The Morgan fingerprint density at radius 2 is 2.00 bits per heavy atom. The summed E-state index contributed by atoms with van der Waals surface area (Å²) in [7, 11) is 0. The van der Waals surface area contributed by atoms with Crippen LogP contribution in [0.1, 0.15) is 25.7 Å². The highest BCUT2D eigenvalue weighted by atomic mass is 19.4. The summed E-state index contributed by atoms with van der Waals surface area (Å²) in [5.41, 5.74) is 0. The fourth-order valence-corrected chi connectivity index (χ4v) is 2.65. The Bertz CT molecular complexity index is 280. The largest absolute Gasteiger partial charge is 0.471 e. The summed E-state index contributed by atoms with van der Waals surface area (Å²) < 4.78 is 37.2. The van der Waals surface area contributed by atoms with Gasteiger partial charge in [0.1, 0.15) is 0 Å². The Kier molecular flexibility index (Phi) is 3.10. The molecule has 3 nitrogen and oxygen atoms in total. The van der Waals surface area contributed by atoms with Crippen molar-refractivity contribution in [2.45, 2.75) is 43.9 Å². The number of rotatable bonds is 0. The van der Waals surface area contributed by atoms with Crippen LogP contribution >= 0.6 is 0 Å². The summed E-state index contributed by atoms with van der Waals surface area (Å²) in [6, 6.07) is -0.217. The topological polar surface area (TPSA) is 32.3 Å². The van der Waals surface area contributed by atoms with Crippen molar-refractivity contribution in [3.63, 3.8) is 0 Å². The van der Waals surface area contributed by atoms with E-state index in [1.165, 1.54) is 0 Å². The van der Waals surface area contributed by atoms with Crippen molar-refractivity contribution >= 4 is 5.91 Å². The summed E-state index contributed by atoms with van der Waals surface area (Å²) in [5.74, 6) is -1.67. The predicted molar refractivity (Wildman–Crippen MR) is 51.8 cm³/mol. The first-order valence-electron chi connectivity index (χ1n) is 5.61. The Labute approximate surface area is 92.0 Å². The Balaban J connectivity index is 2.14. The zero-order valence-corrected chi connectivity index (χ0v) is 8.89. The van der Waals surface area contributed by atoms with Gasteiger partial charge in [-0.05, 0) is 25.8 Å². The van der Waals surface area contributed by atoms with Gasteiger partial charge < -0.3 is 10.2 Å². The van der Waals surface area contributed by atoms with Gasteiger partial charge in [0.2, 0.25) is 0 Å². The number of carbonyl (C=O) groups excluding carboxylic acids is 1. The van der Waals surface area contributed by atoms with E-state index in [0.717, 1.165) is 17.7 Å². The number of alkyl halides is 3. The summed E-state index contributed by atoms with van der Waals surface area (Å²) in [5, 5.41) is 3.17. The van der Waals surface area contributed by atoms with Crippen LogP contribution in [-0.2, 0) is 4.79 Å². The lowest BCUT2D eigenvalue weighted by molar-refractivity contribution is -0.187. The first-order valence-corrected chi connectivity index (χ1v) is 5.61. The number of nitrogens with one attached hydrogen (secondary N) is 1. The lowest BCUT2D eigenvalue weighted by Crippen LogP contribution is -2.50. The SMILES string of the molecule is O=C(N1CCCCC2NCCC21)C(F)(F)F. The fourth-order valence-electron chi connectivity index (χ4n) is 2.65. The van der Waals surface area contributed by atoms with Crippen LogP contribution in [0.5, 0.6) is 0 Å². The molecule has 2 saturated heterocycles. The molecule has 2 aliphatic heterocycles. The summed E-state index contributed by atoms with van der Waals surface area (Å²) in [6.45, 7) is 0.943. The Hall–Kier alpha value is -0.780. The molecule has 0 spiro atoms. The highest BCUT2D eigenvalue weighted by Gasteiger charge is 2.47. The number of fused-ring (bicyclic) bond motifs is 1. The number of amides is 1. The molecule has 1 amide bonds. The smallest absolute Gasteiger partial charge is 0.330 e. The second-order valence-electron chi connectivity index (χ2n) is 4.41. The van der Waals surface area contributed by atoms with Crippen molar-refractivity contribution in [3.8, 4) is 0 Å². The first kappa shape index (κ1) is 11.7. The van der Waals surface area contributed by atoms with E-state index in [-0.39, 0.29) is 18.6 Å². The molecule has 0 aromatic rings. The van der Waals surface area contributed by atoms with Gasteiger partial charge in [0.05, 0.1) is 0 Å². The molecule has 0 bridgehead atoms. The van der Waals surface area contributed by atoms with Gasteiger partial charge in [-0.3, -0.25) is 4.79 Å². The maximum absolute atomic E-state index is 12.4. The second kappa shape index (κ2) is 4.24. The van der Waals surface area contributed by atoms with Crippen molar-refractivity contribution < 1.29 is 18.0 Å². The summed E-state index contributed by atoms with van der Waals surface area (Å²) in [6.07, 6.45) is -1.69. The van der Waals surface area contributed by atoms with Crippen LogP contribution in [0.3, 0.4) is 0 Å². The van der Waals surface area contributed by atoms with E-state index < -0.39 is 12.1 Å². The van der Waals surface area contributed by atoms with Crippen LogP contribution in [0, 0.1) is 0 Å². The number of nitrogens with zero attached hydrogens (tertiary/aromatic N) is 1. The Morgan fingerprint density at radius 1 is 1.25 bits per heavy atom. The van der Waals surface area contributed by atoms with Crippen molar-refractivity contribution in [3.05, 3.63) is 0 Å². The van der Waals surface area contributed by atoms with Gasteiger partial charge in [-0.2, -0.15) is 13.2 Å². The molecular weight excluding hydrogens is 221 g/mol. The van der Waals surface area contributed by atoms with Gasteiger partial charge in [0.15, 0.2) is 0 Å². The van der Waals surface area contributed by atoms with Gasteiger partial charge in [-0.1, -0.05) is 6.42 Å². The minimum atomic E-state index is -4.74. The first-order chi connectivity index (χ1) is 7.50. The molecule has 0 aromatic carbocycles. The zero-order chi connectivity index (χ0) is 11.8. The average Bonchev–Trinajstić information content (AvgIpc) is 2.56. The van der Waals surface area contributed by atoms with Gasteiger partial charge in [0.25, 0.3) is 0 Å². The lowest BCUT2D eigenvalue weighted by Gasteiger charge is -2.30. The number of likely N-dealkylation sites (tertiary alicyclic amines) is 1. The second-order valence-corrected chi connectivity index (χ2v) is 4.41. The standard InChI is InChI=1S/C10H15F3N2O/c11-10(12,13)9(16)15-6-2-1-3-7-8(15)4-5-14-7/h7-8,14H,1-6H2. The molecule has 92 valence electrons. The molecule has 16 heavy (non-hydrogen) atoms. The van der Waals surface area contributed by atoms with Gasteiger partial charge >= 0.3 is 12.1 Å². The van der Waals surface area contributed by atoms with Crippen LogP contribution in [0.2, 0.25) is 0 Å². The molecule has 0 radical (unpaired) electrons. The van der Waals surface area contributed by atoms with Gasteiger partial charge in [-0.25, -0.2) is 0 Å². The maximum Gasteiger partial charge on any atom is 0.471 e. The van der Waals surface area contributed by atoms with E-state index in [0.29, 0.717) is 19.4 Å². The number of carbonyl (C=O) groups is 1. The minimum absolute atomic E-state index is 0.0498. The van der Waals surface area contributed by atoms with Gasteiger partial charge in [-0.15, -0.1) is 0 Å². The molecule has 0 aliphatic carbocycles. The zero-order valence-electron chi connectivity index (χ0n) is 8.89. The molecule has 1 N–H and O–H groups in total. The minimum Gasteiger partial charge on any atom is -0.330 e. The van der Waals surface area contributed by atoms with E-state index in [4.69, 9.17) is 0 Å². The van der Waals surface area contributed by atoms with Gasteiger partial charge in [0, 0.05) is 18.6 Å². The van der Waals surface area contributed by atoms with Crippen molar-refractivity contribution in [1.82, 2.24) is 10.2 Å². The third kappa shape index (κ3) is 2.16. The van der Waals surface area contributed by atoms with E-state index in [1.54, 1.807) is 0 Å². The average molecular weight is 236 g/mol. The van der Waals surface area contributed by atoms with Crippen molar-refractivity contribution in [2.24, 2.45) is 0 Å².